The predicted octanol–water partition coefficient (Wildman–Crippen LogP) is 5.94. The number of halogens is 1. The molecule has 0 fully saturated rings. The third-order valence-electron chi connectivity index (χ3n) is 6.15. The maximum Gasteiger partial charge on any atom is 0.311 e. The Morgan fingerprint density at radius 2 is 1.65 bits per heavy atom. The van der Waals surface area contributed by atoms with E-state index in [4.69, 9.17) is 14.0 Å². The van der Waals surface area contributed by atoms with E-state index in [1.54, 1.807) is 32.0 Å². The first-order valence-electron chi connectivity index (χ1n) is 12.0. The van der Waals surface area contributed by atoms with E-state index < -0.39 is 17.9 Å². The summed E-state index contributed by atoms with van der Waals surface area (Å²) in [5.41, 5.74) is 5.40. The van der Waals surface area contributed by atoms with Crippen LogP contribution in [0.4, 0.5) is 4.39 Å². The first-order valence-corrected chi connectivity index (χ1v) is 12.0. The molecule has 37 heavy (non-hydrogen) atoms. The Labute approximate surface area is 215 Å². The van der Waals surface area contributed by atoms with Crippen molar-refractivity contribution in [2.24, 2.45) is 0 Å². The molecule has 6 nitrogen and oxygen atoms in total. The molecule has 0 bridgehead atoms. The summed E-state index contributed by atoms with van der Waals surface area (Å²) >= 11 is 0. The fourth-order valence-corrected chi connectivity index (χ4v) is 4.17. The largest absolute Gasteiger partial charge is 0.469 e. The molecule has 0 aliphatic carbocycles. The van der Waals surface area contributed by atoms with Gasteiger partial charge in [-0.1, -0.05) is 71.9 Å². The molecule has 0 radical (unpaired) electrons. The van der Waals surface area contributed by atoms with Crippen molar-refractivity contribution < 1.29 is 28.0 Å². The molecular weight excluding hydrogens is 473 g/mol. The third kappa shape index (κ3) is 6.50. The number of aryl methyl sites for hydroxylation is 1. The van der Waals surface area contributed by atoms with E-state index in [0.717, 1.165) is 22.3 Å². The van der Waals surface area contributed by atoms with Crippen LogP contribution in [0.1, 0.15) is 46.5 Å². The van der Waals surface area contributed by atoms with Crippen molar-refractivity contribution in [3.8, 4) is 11.3 Å². The molecule has 3 aromatic carbocycles. The van der Waals surface area contributed by atoms with Crippen molar-refractivity contribution in [2.75, 3.05) is 7.11 Å². The monoisotopic (exact) mass is 501 g/mol. The van der Waals surface area contributed by atoms with Crippen LogP contribution in [0.25, 0.3) is 11.3 Å². The number of benzene rings is 3. The molecule has 0 aliphatic heterocycles. The van der Waals surface area contributed by atoms with E-state index in [0.29, 0.717) is 29.0 Å². The molecule has 190 valence electrons. The fraction of sp³-hybridized carbons (Fsp3) is 0.233. The van der Waals surface area contributed by atoms with Crippen molar-refractivity contribution >= 4 is 11.9 Å². The zero-order chi connectivity index (χ0) is 26.4. The van der Waals surface area contributed by atoms with Crippen LogP contribution in [-0.2, 0) is 38.3 Å². The summed E-state index contributed by atoms with van der Waals surface area (Å²) in [6.45, 7) is 3.41. The number of ether oxygens (including phenoxy) is 2. The normalized spacial score (nSPS) is 11.7. The van der Waals surface area contributed by atoms with Crippen molar-refractivity contribution in [1.29, 1.82) is 0 Å². The van der Waals surface area contributed by atoms with Gasteiger partial charge >= 0.3 is 11.9 Å². The summed E-state index contributed by atoms with van der Waals surface area (Å²) < 4.78 is 29.8. The summed E-state index contributed by atoms with van der Waals surface area (Å²) in [5, 5.41) is 4.05. The Morgan fingerprint density at radius 1 is 0.919 bits per heavy atom. The lowest BCUT2D eigenvalue weighted by molar-refractivity contribution is -0.148. The number of esters is 2. The molecule has 1 heterocycles. The molecule has 1 atom stereocenters. The molecule has 0 aliphatic rings. The van der Waals surface area contributed by atoms with E-state index >= 15 is 0 Å². The van der Waals surface area contributed by atoms with Gasteiger partial charge in [-0.25, -0.2) is 4.39 Å². The Hall–Kier alpha value is -4.26. The van der Waals surface area contributed by atoms with Crippen LogP contribution in [0.2, 0.25) is 0 Å². The van der Waals surface area contributed by atoms with Gasteiger partial charge in [0.25, 0.3) is 0 Å². The van der Waals surface area contributed by atoms with Crippen LogP contribution >= 0.6 is 0 Å². The number of rotatable bonds is 9. The molecule has 0 spiro atoms. The van der Waals surface area contributed by atoms with Crippen molar-refractivity contribution in [3.63, 3.8) is 0 Å². The van der Waals surface area contributed by atoms with Gasteiger partial charge in [-0.15, -0.1) is 0 Å². The van der Waals surface area contributed by atoms with E-state index in [1.165, 1.54) is 13.2 Å². The Morgan fingerprint density at radius 3 is 2.38 bits per heavy atom. The Balaban J connectivity index is 1.44. The quantitative estimate of drug-likeness (QED) is 0.264. The number of carbonyl (C=O) groups excluding carboxylic acids is 2. The van der Waals surface area contributed by atoms with Crippen LogP contribution in [0, 0.1) is 12.7 Å². The Kier molecular flexibility index (Phi) is 8.13. The van der Waals surface area contributed by atoms with Gasteiger partial charge in [0, 0.05) is 16.7 Å². The summed E-state index contributed by atoms with van der Waals surface area (Å²) in [7, 11) is 1.38. The van der Waals surface area contributed by atoms with E-state index in [1.807, 2.05) is 48.5 Å². The van der Waals surface area contributed by atoms with Gasteiger partial charge < -0.3 is 14.0 Å². The molecule has 4 rings (SSSR count). The zero-order valence-corrected chi connectivity index (χ0v) is 21.0. The molecule has 0 amide bonds. The highest BCUT2D eigenvalue weighted by Gasteiger charge is 2.21. The smallest absolute Gasteiger partial charge is 0.311 e. The number of nitrogens with zero attached hydrogens (tertiary/aromatic N) is 1. The van der Waals surface area contributed by atoms with Crippen LogP contribution in [0.3, 0.4) is 0 Å². The molecule has 4 aromatic rings. The van der Waals surface area contributed by atoms with Crippen LogP contribution in [0.15, 0.2) is 77.3 Å². The van der Waals surface area contributed by atoms with Gasteiger partial charge in [0.1, 0.15) is 11.9 Å². The van der Waals surface area contributed by atoms with Crippen molar-refractivity contribution in [1.82, 2.24) is 5.16 Å². The summed E-state index contributed by atoms with van der Waals surface area (Å²) in [5.74, 6) is -0.684. The average molecular weight is 502 g/mol. The van der Waals surface area contributed by atoms with Gasteiger partial charge in [-0.2, -0.15) is 0 Å². The lowest BCUT2D eigenvalue weighted by Crippen LogP contribution is -2.13. The zero-order valence-electron chi connectivity index (χ0n) is 21.0. The molecule has 1 aromatic heterocycles. The highest BCUT2D eigenvalue weighted by atomic mass is 19.1. The standard InChI is InChI=1S/C30H28FNO5/c1-19-26(18-29(34)36-20(2)25-9-4-5-10-27(25)31)30(37-32-19)24-13-11-21(12-14-24)15-22-7-6-8-23(16-22)17-28(33)35-3/h4-14,16,20H,15,17-18H2,1-3H3/t20-/m1/s1. The van der Waals surface area contributed by atoms with Crippen molar-refractivity contribution in [3.05, 3.63) is 112 Å². The van der Waals surface area contributed by atoms with E-state index in [-0.39, 0.29) is 18.8 Å². The van der Waals surface area contributed by atoms with E-state index in [2.05, 4.69) is 5.16 Å². The molecule has 0 saturated heterocycles. The van der Waals surface area contributed by atoms with Crippen molar-refractivity contribution in [2.45, 2.75) is 39.2 Å². The number of methoxy groups -OCH3 is 1. The van der Waals surface area contributed by atoms with Gasteiger partial charge in [-0.3, -0.25) is 9.59 Å². The highest BCUT2D eigenvalue weighted by molar-refractivity contribution is 5.77. The minimum atomic E-state index is -0.720. The summed E-state index contributed by atoms with van der Waals surface area (Å²) in [4.78, 5) is 24.2. The van der Waals surface area contributed by atoms with Gasteiger partial charge in [0.05, 0.1) is 25.6 Å². The number of hydrogen-bond donors (Lipinski definition) is 0. The van der Waals surface area contributed by atoms with Gasteiger partial charge in [-0.05, 0) is 43.0 Å². The molecule has 0 saturated carbocycles. The summed E-state index contributed by atoms with van der Waals surface area (Å²) in [6.07, 6.45) is 0.164. The first kappa shape index (κ1) is 25.8. The fourth-order valence-electron chi connectivity index (χ4n) is 4.17. The third-order valence-corrected chi connectivity index (χ3v) is 6.15. The predicted molar refractivity (Wildman–Crippen MR) is 136 cm³/mol. The molecule has 0 unspecified atom stereocenters. The SMILES string of the molecule is COC(=O)Cc1cccc(Cc2ccc(-c3onc(C)c3CC(=O)O[C@H](C)c3ccccc3F)cc2)c1. The molecule has 7 heteroatoms. The highest BCUT2D eigenvalue weighted by Crippen LogP contribution is 2.29. The maximum absolute atomic E-state index is 14.0. The lowest BCUT2D eigenvalue weighted by Gasteiger charge is -2.14. The van der Waals surface area contributed by atoms with Gasteiger partial charge in [0.2, 0.25) is 0 Å². The van der Waals surface area contributed by atoms with Crippen LogP contribution < -0.4 is 0 Å². The number of hydrogen-bond acceptors (Lipinski definition) is 6. The van der Waals surface area contributed by atoms with Crippen LogP contribution in [-0.4, -0.2) is 24.2 Å². The topological polar surface area (TPSA) is 78.6 Å². The van der Waals surface area contributed by atoms with E-state index in [9.17, 15) is 14.0 Å². The summed E-state index contributed by atoms with van der Waals surface area (Å²) in [6, 6.07) is 21.9. The molecular formula is C30H28FNO5. The first-order chi connectivity index (χ1) is 17.8. The maximum atomic E-state index is 14.0. The van der Waals surface area contributed by atoms with Gasteiger partial charge in [0.15, 0.2) is 5.76 Å². The minimum Gasteiger partial charge on any atom is -0.469 e. The number of aromatic nitrogens is 1. The lowest BCUT2D eigenvalue weighted by atomic mass is 9.99. The second-order valence-electron chi connectivity index (χ2n) is 8.85. The van der Waals surface area contributed by atoms with Crippen LogP contribution in [0.5, 0.6) is 0 Å². The second-order valence-corrected chi connectivity index (χ2v) is 8.85. The average Bonchev–Trinajstić information content (AvgIpc) is 3.24. The Bertz CT molecular complexity index is 1390. The number of carbonyl (C=O) groups is 2. The minimum absolute atomic E-state index is 0.0435. The molecule has 0 N–H and O–H groups in total. The second kappa shape index (κ2) is 11.6.